The Bertz CT molecular complexity index is 300. The van der Waals surface area contributed by atoms with Crippen LogP contribution in [0.3, 0.4) is 0 Å². The van der Waals surface area contributed by atoms with E-state index in [0.717, 1.165) is 18.5 Å². The molecule has 1 rings (SSSR count). The van der Waals surface area contributed by atoms with Crippen molar-refractivity contribution in [1.82, 2.24) is 15.7 Å². The van der Waals surface area contributed by atoms with Gasteiger partial charge in [0.1, 0.15) is 5.84 Å². The van der Waals surface area contributed by atoms with Crippen molar-refractivity contribution in [3.05, 3.63) is 11.8 Å². The van der Waals surface area contributed by atoms with Crippen LogP contribution in [0.25, 0.3) is 0 Å². The highest BCUT2D eigenvalue weighted by Gasteiger charge is 2.00. The van der Waals surface area contributed by atoms with Gasteiger partial charge in [0.25, 0.3) is 0 Å². The highest BCUT2D eigenvalue weighted by molar-refractivity contribution is 5.82. The quantitative estimate of drug-likeness (QED) is 0.390. The van der Waals surface area contributed by atoms with Crippen LogP contribution in [0.1, 0.15) is 32.4 Å². The third kappa shape index (κ3) is 2.85. The van der Waals surface area contributed by atoms with E-state index in [4.69, 9.17) is 5.21 Å². The number of aliphatic imine (C=N–C) groups is 1. The third-order valence-electron chi connectivity index (χ3n) is 1.85. The number of H-pyrrole nitrogens is 1. The molecule has 0 spiro atoms. The summed E-state index contributed by atoms with van der Waals surface area (Å²) >= 11 is 0. The second-order valence-corrected chi connectivity index (χ2v) is 3.03. The third-order valence-corrected chi connectivity index (χ3v) is 1.85. The van der Waals surface area contributed by atoms with Gasteiger partial charge in [-0.2, -0.15) is 5.10 Å². The highest BCUT2D eigenvalue weighted by atomic mass is 16.5. The Hall–Kier alpha value is -1.36. The van der Waals surface area contributed by atoms with E-state index < -0.39 is 0 Å². The molecule has 0 radical (unpaired) electrons. The van der Waals surface area contributed by atoms with Gasteiger partial charge in [0.15, 0.2) is 5.82 Å². The first-order valence-electron chi connectivity index (χ1n) is 4.82. The van der Waals surface area contributed by atoms with Gasteiger partial charge in [0, 0.05) is 18.2 Å². The number of hydrogen-bond acceptors (Lipinski definition) is 3. The van der Waals surface area contributed by atoms with Gasteiger partial charge in [-0.25, -0.2) is 4.99 Å². The largest absolute Gasteiger partial charge is 0.290 e. The second-order valence-electron chi connectivity index (χ2n) is 3.03. The number of amidine groups is 1. The molecular formula is C9H16N4O. The van der Waals surface area contributed by atoms with Crippen LogP contribution in [-0.4, -0.2) is 21.2 Å². The van der Waals surface area contributed by atoms with Crippen molar-refractivity contribution in [2.75, 3.05) is 0 Å². The van der Waals surface area contributed by atoms with Gasteiger partial charge in [-0.1, -0.05) is 20.3 Å². The molecule has 3 N–H and O–H groups in total. The second kappa shape index (κ2) is 5.39. The van der Waals surface area contributed by atoms with E-state index in [9.17, 15) is 0 Å². The fourth-order valence-corrected chi connectivity index (χ4v) is 1.13. The van der Waals surface area contributed by atoms with Gasteiger partial charge < -0.3 is 0 Å². The van der Waals surface area contributed by atoms with Crippen molar-refractivity contribution in [3.63, 3.8) is 0 Å². The van der Waals surface area contributed by atoms with Crippen LogP contribution in [0.2, 0.25) is 0 Å². The molecule has 1 heterocycles. The Morgan fingerprint density at radius 2 is 2.43 bits per heavy atom. The molecule has 0 fully saturated rings. The molecule has 0 aliphatic carbocycles. The van der Waals surface area contributed by atoms with E-state index >= 15 is 0 Å². The zero-order valence-corrected chi connectivity index (χ0v) is 8.54. The zero-order valence-electron chi connectivity index (χ0n) is 8.54. The Morgan fingerprint density at radius 3 is 3.00 bits per heavy atom. The van der Waals surface area contributed by atoms with Crippen molar-refractivity contribution in [1.29, 1.82) is 0 Å². The smallest absolute Gasteiger partial charge is 0.175 e. The first-order valence-corrected chi connectivity index (χ1v) is 4.82. The lowest BCUT2D eigenvalue weighted by atomic mass is 10.2. The number of hydrogen-bond donors (Lipinski definition) is 3. The topological polar surface area (TPSA) is 73.3 Å². The molecule has 1 aromatic rings. The molecule has 5 nitrogen and oxygen atoms in total. The standard InChI is InChI=1S/C9H16N4O/c1-3-5-7-6-9(12-11-7)10-8(4-2)13-14/h6,14H,3-5H2,1-2H3,(H2,10,11,12,13). The molecule has 0 saturated heterocycles. The average Bonchev–Trinajstić information content (AvgIpc) is 2.63. The number of nitrogens with zero attached hydrogens (tertiary/aromatic N) is 2. The highest BCUT2D eigenvalue weighted by Crippen LogP contribution is 2.11. The van der Waals surface area contributed by atoms with Gasteiger partial charge in [-0.15, -0.1) is 0 Å². The number of nitrogens with one attached hydrogen (secondary N) is 2. The van der Waals surface area contributed by atoms with Crippen molar-refractivity contribution in [3.8, 4) is 0 Å². The Kier molecular flexibility index (Phi) is 4.12. The van der Waals surface area contributed by atoms with Gasteiger partial charge in [-0.3, -0.25) is 15.8 Å². The zero-order chi connectivity index (χ0) is 10.4. The fourth-order valence-electron chi connectivity index (χ4n) is 1.13. The SMILES string of the molecule is CCCc1cc(N=C(CC)NO)n[nH]1. The molecule has 0 aliphatic rings. The molecule has 14 heavy (non-hydrogen) atoms. The van der Waals surface area contributed by atoms with Crippen molar-refractivity contribution in [2.24, 2.45) is 4.99 Å². The number of aromatic amines is 1. The summed E-state index contributed by atoms with van der Waals surface area (Å²) in [6.07, 6.45) is 2.69. The summed E-state index contributed by atoms with van der Waals surface area (Å²) in [4.78, 5) is 4.11. The monoisotopic (exact) mass is 196 g/mol. The van der Waals surface area contributed by atoms with E-state index in [2.05, 4.69) is 22.1 Å². The van der Waals surface area contributed by atoms with Crippen LogP contribution >= 0.6 is 0 Å². The first kappa shape index (κ1) is 10.7. The first-order chi connectivity index (χ1) is 6.80. The van der Waals surface area contributed by atoms with Crippen LogP contribution in [0.5, 0.6) is 0 Å². The minimum atomic E-state index is 0.513. The normalized spacial score (nSPS) is 11.8. The average molecular weight is 196 g/mol. The maximum atomic E-state index is 8.68. The fraction of sp³-hybridized carbons (Fsp3) is 0.556. The maximum absolute atomic E-state index is 8.68. The summed E-state index contributed by atoms with van der Waals surface area (Å²) in [7, 11) is 0. The molecule has 1 aromatic heterocycles. The minimum absolute atomic E-state index is 0.513. The molecular weight excluding hydrogens is 180 g/mol. The molecule has 0 amide bonds. The molecule has 78 valence electrons. The molecule has 0 aliphatic heterocycles. The van der Waals surface area contributed by atoms with Gasteiger partial charge in [-0.05, 0) is 6.42 Å². The number of aromatic nitrogens is 2. The Labute approximate surface area is 83.2 Å². The molecule has 0 bridgehead atoms. The van der Waals surface area contributed by atoms with Gasteiger partial charge >= 0.3 is 0 Å². The Balaban J connectivity index is 2.71. The summed E-state index contributed by atoms with van der Waals surface area (Å²) in [5.74, 6) is 1.12. The summed E-state index contributed by atoms with van der Waals surface area (Å²) in [5, 5.41) is 15.6. The van der Waals surface area contributed by atoms with Crippen LogP contribution in [0.15, 0.2) is 11.1 Å². The van der Waals surface area contributed by atoms with E-state index in [1.54, 1.807) is 0 Å². The van der Waals surface area contributed by atoms with Gasteiger partial charge in [0.05, 0.1) is 0 Å². The van der Waals surface area contributed by atoms with Crippen molar-refractivity contribution < 1.29 is 5.21 Å². The summed E-state index contributed by atoms with van der Waals surface area (Å²) in [5.41, 5.74) is 3.11. The lowest BCUT2D eigenvalue weighted by molar-refractivity contribution is 0.232. The molecule has 0 saturated carbocycles. The maximum Gasteiger partial charge on any atom is 0.175 e. The van der Waals surface area contributed by atoms with E-state index in [1.807, 2.05) is 18.5 Å². The molecule has 0 atom stereocenters. The van der Waals surface area contributed by atoms with Crippen molar-refractivity contribution >= 4 is 11.7 Å². The summed E-state index contributed by atoms with van der Waals surface area (Å²) in [6, 6.07) is 1.89. The Morgan fingerprint density at radius 1 is 1.64 bits per heavy atom. The minimum Gasteiger partial charge on any atom is -0.290 e. The predicted molar refractivity (Wildman–Crippen MR) is 54.9 cm³/mol. The van der Waals surface area contributed by atoms with Crippen LogP contribution in [-0.2, 0) is 6.42 Å². The predicted octanol–water partition coefficient (Wildman–Crippen LogP) is 1.78. The summed E-state index contributed by atoms with van der Waals surface area (Å²) < 4.78 is 0. The van der Waals surface area contributed by atoms with Crippen LogP contribution in [0, 0.1) is 0 Å². The lowest BCUT2D eigenvalue weighted by Gasteiger charge is -1.97. The summed E-state index contributed by atoms with van der Waals surface area (Å²) in [6.45, 7) is 4.01. The number of rotatable bonds is 4. The molecule has 0 unspecified atom stereocenters. The number of hydroxylamine groups is 1. The van der Waals surface area contributed by atoms with Crippen molar-refractivity contribution in [2.45, 2.75) is 33.1 Å². The molecule has 0 aromatic carbocycles. The van der Waals surface area contributed by atoms with Gasteiger partial charge in [0.2, 0.25) is 0 Å². The van der Waals surface area contributed by atoms with E-state index in [0.29, 0.717) is 18.1 Å². The number of aryl methyl sites for hydroxylation is 1. The van der Waals surface area contributed by atoms with Crippen LogP contribution < -0.4 is 5.48 Å². The van der Waals surface area contributed by atoms with E-state index in [1.165, 1.54) is 0 Å². The molecule has 5 heteroatoms. The van der Waals surface area contributed by atoms with E-state index in [-0.39, 0.29) is 0 Å². The lowest BCUT2D eigenvalue weighted by Crippen LogP contribution is -2.17. The van der Waals surface area contributed by atoms with Crippen LogP contribution in [0.4, 0.5) is 5.82 Å².